The summed E-state index contributed by atoms with van der Waals surface area (Å²) in [5.41, 5.74) is 0. The van der Waals surface area contributed by atoms with Crippen molar-refractivity contribution in [3.8, 4) is 0 Å². The topological polar surface area (TPSA) is 98.2 Å². The van der Waals surface area contributed by atoms with Crippen molar-refractivity contribution in [1.29, 1.82) is 0 Å². The fourth-order valence-electron chi connectivity index (χ4n) is 1.88. The summed E-state index contributed by atoms with van der Waals surface area (Å²) in [6.07, 6.45) is -1.59. The average Bonchev–Trinajstić information content (AvgIpc) is 2.23. The zero-order valence-corrected chi connectivity index (χ0v) is 10.5. The van der Waals surface area contributed by atoms with E-state index in [4.69, 9.17) is 5.11 Å². The number of piperazine rings is 1. The normalized spacial score (nSPS) is 18.4. The standard InChI is InChI=1S/C11H18N2O5/c1-7(2)13-4-3-12(10(17)11(13)18)6-8(14)5-9(15)16/h7-8,14H,3-6H2,1-2H3,(H,15,16). The van der Waals surface area contributed by atoms with Crippen LogP contribution in [-0.2, 0) is 14.4 Å². The van der Waals surface area contributed by atoms with Crippen molar-refractivity contribution < 1.29 is 24.6 Å². The van der Waals surface area contributed by atoms with Gasteiger partial charge in [0.15, 0.2) is 0 Å². The van der Waals surface area contributed by atoms with E-state index in [0.717, 1.165) is 0 Å². The summed E-state index contributed by atoms with van der Waals surface area (Å²) in [4.78, 5) is 36.5. The number of carboxylic acids is 1. The molecular formula is C11H18N2O5. The monoisotopic (exact) mass is 258 g/mol. The van der Waals surface area contributed by atoms with Gasteiger partial charge in [0, 0.05) is 25.7 Å². The van der Waals surface area contributed by atoms with Crippen molar-refractivity contribution in [2.45, 2.75) is 32.4 Å². The van der Waals surface area contributed by atoms with Gasteiger partial charge < -0.3 is 20.0 Å². The number of aliphatic hydroxyl groups is 1. The van der Waals surface area contributed by atoms with E-state index in [-0.39, 0.29) is 12.6 Å². The van der Waals surface area contributed by atoms with E-state index in [1.54, 1.807) is 0 Å². The van der Waals surface area contributed by atoms with E-state index < -0.39 is 30.3 Å². The lowest BCUT2D eigenvalue weighted by Gasteiger charge is -2.36. The molecule has 1 heterocycles. The van der Waals surface area contributed by atoms with Crippen molar-refractivity contribution >= 4 is 17.8 Å². The Kier molecular flexibility index (Phi) is 4.66. The van der Waals surface area contributed by atoms with E-state index in [9.17, 15) is 19.5 Å². The lowest BCUT2D eigenvalue weighted by molar-refractivity contribution is -0.158. The van der Waals surface area contributed by atoms with Gasteiger partial charge in [-0.3, -0.25) is 14.4 Å². The Morgan fingerprint density at radius 3 is 2.39 bits per heavy atom. The number of carbonyl (C=O) groups is 3. The number of hydrogen-bond acceptors (Lipinski definition) is 4. The minimum atomic E-state index is -1.15. The summed E-state index contributed by atoms with van der Waals surface area (Å²) < 4.78 is 0. The van der Waals surface area contributed by atoms with Gasteiger partial charge in [0.2, 0.25) is 0 Å². The summed E-state index contributed by atoms with van der Waals surface area (Å²) in [6.45, 7) is 4.24. The highest BCUT2D eigenvalue weighted by atomic mass is 16.4. The fourth-order valence-corrected chi connectivity index (χ4v) is 1.88. The third-order valence-electron chi connectivity index (χ3n) is 2.81. The Hall–Kier alpha value is -1.63. The number of carboxylic acid groups (broad SMARTS) is 1. The molecule has 0 aliphatic carbocycles. The zero-order chi connectivity index (χ0) is 13.9. The van der Waals surface area contributed by atoms with Gasteiger partial charge in [-0.15, -0.1) is 0 Å². The molecule has 2 N–H and O–H groups in total. The first-order chi connectivity index (χ1) is 8.32. The second-order valence-electron chi connectivity index (χ2n) is 4.60. The van der Waals surface area contributed by atoms with Crippen molar-refractivity contribution in [3.05, 3.63) is 0 Å². The number of aliphatic hydroxyl groups excluding tert-OH is 1. The molecule has 0 aromatic rings. The Balaban J connectivity index is 2.58. The van der Waals surface area contributed by atoms with Crippen molar-refractivity contribution in [2.24, 2.45) is 0 Å². The summed E-state index contributed by atoms with van der Waals surface area (Å²) >= 11 is 0. The molecule has 7 heteroatoms. The Morgan fingerprint density at radius 1 is 1.28 bits per heavy atom. The predicted octanol–water partition coefficient (Wildman–Crippen LogP) is -1.10. The zero-order valence-electron chi connectivity index (χ0n) is 10.5. The van der Waals surface area contributed by atoms with Gasteiger partial charge in [-0.1, -0.05) is 0 Å². The first-order valence-electron chi connectivity index (χ1n) is 5.82. The van der Waals surface area contributed by atoms with E-state index in [1.165, 1.54) is 9.80 Å². The second-order valence-corrected chi connectivity index (χ2v) is 4.60. The van der Waals surface area contributed by atoms with Crippen LogP contribution in [0.25, 0.3) is 0 Å². The third kappa shape index (κ3) is 3.43. The quantitative estimate of drug-likeness (QED) is 0.610. The van der Waals surface area contributed by atoms with Crippen LogP contribution < -0.4 is 0 Å². The molecule has 0 saturated carbocycles. The number of aliphatic carboxylic acids is 1. The molecule has 1 unspecified atom stereocenters. The minimum Gasteiger partial charge on any atom is -0.481 e. The van der Waals surface area contributed by atoms with Crippen LogP contribution in [0.5, 0.6) is 0 Å². The summed E-state index contributed by atoms with van der Waals surface area (Å²) in [5.74, 6) is -2.42. The maximum absolute atomic E-state index is 11.7. The number of nitrogens with zero attached hydrogens (tertiary/aromatic N) is 2. The minimum absolute atomic E-state index is 0.0486. The number of hydrogen-bond donors (Lipinski definition) is 2. The molecule has 1 saturated heterocycles. The maximum Gasteiger partial charge on any atom is 0.312 e. The molecular weight excluding hydrogens is 240 g/mol. The lowest BCUT2D eigenvalue weighted by atomic mass is 10.2. The van der Waals surface area contributed by atoms with Gasteiger partial charge in [-0.25, -0.2) is 0 Å². The SMILES string of the molecule is CC(C)N1CCN(CC(O)CC(=O)O)C(=O)C1=O. The Bertz CT molecular complexity index is 355. The molecule has 1 rings (SSSR count). The summed E-state index contributed by atoms with van der Waals surface area (Å²) in [5, 5.41) is 18.0. The maximum atomic E-state index is 11.7. The van der Waals surface area contributed by atoms with Crippen molar-refractivity contribution in [1.82, 2.24) is 9.80 Å². The molecule has 0 aromatic heterocycles. The first-order valence-corrected chi connectivity index (χ1v) is 5.82. The molecule has 2 amide bonds. The third-order valence-corrected chi connectivity index (χ3v) is 2.81. The molecule has 0 spiro atoms. The first kappa shape index (κ1) is 14.4. The molecule has 0 aromatic carbocycles. The Labute approximate surface area is 105 Å². The average molecular weight is 258 g/mol. The van der Waals surface area contributed by atoms with Crippen LogP contribution in [0.2, 0.25) is 0 Å². The molecule has 1 fully saturated rings. The lowest BCUT2D eigenvalue weighted by Crippen LogP contribution is -2.57. The second kappa shape index (κ2) is 5.81. The van der Waals surface area contributed by atoms with Gasteiger partial charge in [0.25, 0.3) is 0 Å². The summed E-state index contributed by atoms with van der Waals surface area (Å²) in [7, 11) is 0. The van der Waals surface area contributed by atoms with Crippen LogP contribution in [-0.4, -0.2) is 69.6 Å². The largest absolute Gasteiger partial charge is 0.481 e. The molecule has 1 atom stereocenters. The number of carbonyl (C=O) groups excluding carboxylic acids is 2. The van der Waals surface area contributed by atoms with E-state index >= 15 is 0 Å². The van der Waals surface area contributed by atoms with Crippen LogP contribution in [0.1, 0.15) is 20.3 Å². The molecule has 18 heavy (non-hydrogen) atoms. The molecule has 7 nitrogen and oxygen atoms in total. The smallest absolute Gasteiger partial charge is 0.312 e. The van der Waals surface area contributed by atoms with E-state index in [2.05, 4.69) is 0 Å². The van der Waals surface area contributed by atoms with Crippen molar-refractivity contribution in [2.75, 3.05) is 19.6 Å². The van der Waals surface area contributed by atoms with Gasteiger partial charge >= 0.3 is 17.8 Å². The van der Waals surface area contributed by atoms with Crippen LogP contribution in [0.4, 0.5) is 0 Å². The molecule has 1 aliphatic rings. The highest BCUT2D eigenvalue weighted by Gasteiger charge is 2.34. The molecule has 102 valence electrons. The predicted molar refractivity (Wildman–Crippen MR) is 61.7 cm³/mol. The summed E-state index contributed by atoms with van der Waals surface area (Å²) in [6, 6.07) is -0.0486. The van der Waals surface area contributed by atoms with Crippen molar-refractivity contribution in [3.63, 3.8) is 0 Å². The van der Waals surface area contributed by atoms with Crippen LogP contribution >= 0.6 is 0 Å². The van der Waals surface area contributed by atoms with E-state index in [1.807, 2.05) is 13.8 Å². The fraction of sp³-hybridized carbons (Fsp3) is 0.727. The molecule has 0 radical (unpaired) electrons. The van der Waals surface area contributed by atoms with Crippen LogP contribution in [0, 0.1) is 0 Å². The van der Waals surface area contributed by atoms with Gasteiger partial charge in [-0.05, 0) is 13.8 Å². The van der Waals surface area contributed by atoms with Gasteiger partial charge in [-0.2, -0.15) is 0 Å². The van der Waals surface area contributed by atoms with Gasteiger partial charge in [0.05, 0.1) is 12.5 Å². The number of amides is 2. The van der Waals surface area contributed by atoms with Crippen LogP contribution in [0.3, 0.4) is 0 Å². The molecule has 1 aliphatic heterocycles. The van der Waals surface area contributed by atoms with Gasteiger partial charge in [0.1, 0.15) is 0 Å². The van der Waals surface area contributed by atoms with Crippen LogP contribution in [0.15, 0.2) is 0 Å². The molecule has 0 bridgehead atoms. The highest BCUT2D eigenvalue weighted by molar-refractivity contribution is 6.35. The Morgan fingerprint density at radius 2 is 1.89 bits per heavy atom. The number of rotatable bonds is 5. The number of β-amino-alcohol motifs (C(OH)–C–C–N with tert-alkyl or cyclic N) is 1. The highest BCUT2D eigenvalue weighted by Crippen LogP contribution is 2.10. The van der Waals surface area contributed by atoms with E-state index in [0.29, 0.717) is 13.1 Å².